The quantitative estimate of drug-likeness (QED) is 0.383. The molecule has 4 rings (SSSR count). The van der Waals surface area contributed by atoms with Crippen LogP contribution in [0, 0.1) is 0 Å². The van der Waals surface area contributed by atoms with Gasteiger partial charge in [-0.3, -0.25) is 29.4 Å². The summed E-state index contributed by atoms with van der Waals surface area (Å²) in [5.41, 5.74) is 1.21. The van der Waals surface area contributed by atoms with Gasteiger partial charge in [-0.05, 0) is 37.5 Å². The summed E-state index contributed by atoms with van der Waals surface area (Å²) in [6.07, 6.45) is 2.07. The zero-order valence-corrected chi connectivity index (χ0v) is 18.2. The Morgan fingerprint density at radius 3 is 2.61 bits per heavy atom. The Bertz CT molecular complexity index is 989. The van der Waals surface area contributed by atoms with Gasteiger partial charge in [0.05, 0.1) is 30.4 Å². The van der Waals surface area contributed by atoms with Crippen LogP contribution in [0.25, 0.3) is 0 Å². The molecule has 2 fully saturated rings. The van der Waals surface area contributed by atoms with E-state index in [1.807, 2.05) is 0 Å². The van der Waals surface area contributed by atoms with E-state index in [2.05, 4.69) is 16.0 Å². The van der Waals surface area contributed by atoms with Gasteiger partial charge in [0.1, 0.15) is 6.04 Å². The molecule has 1 unspecified atom stereocenters. The van der Waals surface area contributed by atoms with E-state index in [1.165, 1.54) is 7.05 Å². The van der Waals surface area contributed by atoms with Crippen molar-refractivity contribution in [2.24, 2.45) is 0 Å². The van der Waals surface area contributed by atoms with Crippen LogP contribution in [0.15, 0.2) is 18.2 Å². The third-order valence-corrected chi connectivity index (χ3v) is 5.98. The Balaban J connectivity index is 1.27. The van der Waals surface area contributed by atoms with Crippen molar-refractivity contribution in [2.45, 2.75) is 50.3 Å². The lowest BCUT2D eigenvalue weighted by Gasteiger charge is -2.36. The third-order valence-electron chi connectivity index (χ3n) is 5.98. The number of hydrogen-bond donors (Lipinski definition) is 3. The number of piperidine rings is 1. The normalized spacial score (nSPS) is 24.2. The highest BCUT2D eigenvalue weighted by Crippen LogP contribution is 2.32. The Morgan fingerprint density at radius 2 is 1.88 bits per heavy atom. The average Bonchev–Trinajstić information content (AvgIpc) is 3.01. The minimum absolute atomic E-state index is 0.0859. The highest BCUT2D eigenvalue weighted by atomic mass is 16.5. The van der Waals surface area contributed by atoms with Crippen molar-refractivity contribution in [1.82, 2.24) is 15.5 Å². The van der Waals surface area contributed by atoms with Crippen molar-refractivity contribution in [3.05, 3.63) is 29.3 Å². The summed E-state index contributed by atoms with van der Waals surface area (Å²) < 4.78 is 10.6. The number of carbonyl (C=O) groups excluding carboxylic acids is 5. The van der Waals surface area contributed by atoms with E-state index >= 15 is 0 Å². The van der Waals surface area contributed by atoms with Crippen molar-refractivity contribution in [1.29, 1.82) is 0 Å². The van der Waals surface area contributed by atoms with Gasteiger partial charge < -0.3 is 20.1 Å². The fourth-order valence-electron chi connectivity index (χ4n) is 4.16. The van der Waals surface area contributed by atoms with Gasteiger partial charge in [0.2, 0.25) is 11.8 Å². The first kappa shape index (κ1) is 22.7. The number of carbonyl (C=O) groups is 5. The maximum absolute atomic E-state index is 12.9. The van der Waals surface area contributed by atoms with Crippen LogP contribution in [-0.2, 0) is 19.1 Å². The number of imide groups is 2. The molecule has 0 spiro atoms. The summed E-state index contributed by atoms with van der Waals surface area (Å²) in [4.78, 5) is 61.1. The molecule has 1 saturated heterocycles. The Labute approximate surface area is 190 Å². The van der Waals surface area contributed by atoms with E-state index in [0.717, 1.165) is 17.7 Å². The molecule has 11 heteroatoms. The number of amides is 5. The summed E-state index contributed by atoms with van der Waals surface area (Å²) in [5.74, 6) is -2.07. The first-order valence-electron chi connectivity index (χ1n) is 11.0. The Kier molecular flexibility index (Phi) is 6.59. The standard InChI is InChI=1S/C22H26N4O7/c1-23-22(31)33-8-2-7-32-14-9-13(10-14)24-12-3-4-15-16(11-12)21(30)26(20(15)29)17-5-6-18(27)25-19(17)28/h3-4,11,13-14,17,24H,2,5-10H2,1H3,(H,23,31)(H,25,27,28). The Morgan fingerprint density at radius 1 is 1.12 bits per heavy atom. The van der Waals surface area contributed by atoms with E-state index in [0.29, 0.717) is 25.3 Å². The van der Waals surface area contributed by atoms with Crippen LogP contribution < -0.4 is 16.0 Å². The van der Waals surface area contributed by atoms with Crippen LogP contribution in [0.1, 0.15) is 52.8 Å². The summed E-state index contributed by atoms with van der Waals surface area (Å²) >= 11 is 0. The second kappa shape index (κ2) is 9.57. The third kappa shape index (κ3) is 4.82. The molecule has 0 radical (unpaired) electrons. The van der Waals surface area contributed by atoms with Gasteiger partial charge in [0, 0.05) is 31.6 Å². The predicted octanol–water partition coefficient (Wildman–Crippen LogP) is 0.793. The molecule has 3 N–H and O–H groups in total. The van der Waals surface area contributed by atoms with Gasteiger partial charge in [-0.25, -0.2) is 4.79 Å². The molecule has 176 valence electrons. The van der Waals surface area contributed by atoms with Gasteiger partial charge in [-0.15, -0.1) is 0 Å². The predicted molar refractivity (Wildman–Crippen MR) is 115 cm³/mol. The molecule has 5 amide bonds. The lowest BCUT2D eigenvalue weighted by Crippen LogP contribution is -2.54. The number of ether oxygens (including phenoxy) is 2. The molecule has 2 aliphatic heterocycles. The molecule has 0 bridgehead atoms. The largest absolute Gasteiger partial charge is 0.449 e. The van der Waals surface area contributed by atoms with Gasteiger partial charge in [0.25, 0.3) is 11.8 Å². The minimum Gasteiger partial charge on any atom is -0.449 e. The highest BCUT2D eigenvalue weighted by Gasteiger charge is 2.44. The lowest BCUT2D eigenvalue weighted by molar-refractivity contribution is -0.136. The number of rotatable bonds is 8. The maximum Gasteiger partial charge on any atom is 0.406 e. The molecule has 1 aromatic carbocycles. The number of benzene rings is 1. The van der Waals surface area contributed by atoms with E-state index in [9.17, 15) is 24.0 Å². The number of anilines is 1. The highest BCUT2D eigenvalue weighted by molar-refractivity contribution is 6.23. The molecule has 1 aliphatic carbocycles. The monoisotopic (exact) mass is 458 g/mol. The smallest absolute Gasteiger partial charge is 0.406 e. The molecule has 11 nitrogen and oxygen atoms in total. The van der Waals surface area contributed by atoms with Gasteiger partial charge in [-0.1, -0.05) is 0 Å². The van der Waals surface area contributed by atoms with Gasteiger partial charge in [0.15, 0.2) is 0 Å². The van der Waals surface area contributed by atoms with Crippen molar-refractivity contribution in [3.63, 3.8) is 0 Å². The van der Waals surface area contributed by atoms with Crippen LogP contribution in [-0.4, -0.2) is 73.1 Å². The van der Waals surface area contributed by atoms with Crippen molar-refractivity contribution in [2.75, 3.05) is 25.6 Å². The molecule has 0 aromatic heterocycles. The number of nitrogens with one attached hydrogen (secondary N) is 3. The number of alkyl carbamates (subject to hydrolysis) is 1. The molecule has 3 aliphatic rings. The fraction of sp³-hybridized carbons (Fsp3) is 0.500. The zero-order valence-electron chi connectivity index (χ0n) is 18.2. The van der Waals surface area contributed by atoms with Crippen LogP contribution in [0.4, 0.5) is 10.5 Å². The number of fused-ring (bicyclic) bond motifs is 1. The van der Waals surface area contributed by atoms with Gasteiger partial charge >= 0.3 is 6.09 Å². The maximum atomic E-state index is 12.9. The lowest BCUT2D eigenvalue weighted by atomic mass is 9.89. The number of hydrogen-bond acceptors (Lipinski definition) is 8. The molecule has 1 aromatic rings. The zero-order chi connectivity index (χ0) is 23.5. The molecule has 2 heterocycles. The minimum atomic E-state index is -0.974. The Hall–Kier alpha value is -3.47. The second-order valence-corrected chi connectivity index (χ2v) is 8.25. The molecular weight excluding hydrogens is 432 g/mol. The topological polar surface area (TPSA) is 143 Å². The summed E-state index contributed by atoms with van der Waals surface area (Å²) in [5, 5.41) is 7.91. The van der Waals surface area contributed by atoms with E-state index < -0.39 is 35.8 Å². The van der Waals surface area contributed by atoms with Gasteiger partial charge in [-0.2, -0.15) is 0 Å². The second-order valence-electron chi connectivity index (χ2n) is 8.25. The summed E-state index contributed by atoms with van der Waals surface area (Å²) in [6.45, 7) is 0.797. The van der Waals surface area contributed by atoms with Crippen LogP contribution in [0.5, 0.6) is 0 Å². The molecule has 1 atom stereocenters. The van der Waals surface area contributed by atoms with Crippen molar-refractivity contribution in [3.8, 4) is 0 Å². The summed E-state index contributed by atoms with van der Waals surface area (Å²) in [7, 11) is 1.50. The van der Waals surface area contributed by atoms with Crippen LogP contribution in [0.2, 0.25) is 0 Å². The first-order chi connectivity index (χ1) is 15.9. The summed E-state index contributed by atoms with van der Waals surface area (Å²) in [6, 6.07) is 4.16. The van der Waals surface area contributed by atoms with Crippen LogP contribution in [0.3, 0.4) is 0 Å². The van der Waals surface area contributed by atoms with E-state index in [1.54, 1.807) is 18.2 Å². The van der Waals surface area contributed by atoms with E-state index in [-0.39, 0.29) is 36.1 Å². The average molecular weight is 458 g/mol. The molecule has 1 saturated carbocycles. The van der Waals surface area contributed by atoms with Crippen LogP contribution >= 0.6 is 0 Å². The van der Waals surface area contributed by atoms with Crippen molar-refractivity contribution >= 4 is 35.4 Å². The number of nitrogens with zero attached hydrogens (tertiary/aromatic N) is 1. The SMILES string of the molecule is CNC(=O)OCCCOC1CC(Nc2ccc3c(c2)C(=O)N(C2CCC(=O)NC2=O)C3=O)C1. The molecule has 33 heavy (non-hydrogen) atoms. The fourth-order valence-corrected chi connectivity index (χ4v) is 4.16. The van der Waals surface area contributed by atoms with Crippen molar-refractivity contribution < 1.29 is 33.4 Å². The van der Waals surface area contributed by atoms with E-state index in [4.69, 9.17) is 9.47 Å². The molecular formula is C22H26N4O7. The first-order valence-corrected chi connectivity index (χ1v) is 11.0.